The van der Waals surface area contributed by atoms with Crippen LogP contribution in [-0.2, 0) is 4.79 Å². The first kappa shape index (κ1) is 15.0. The Labute approximate surface area is 116 Å². The third-order valence-electron chi connectivity index (χ3n) is 2.56. The van der Waals surface area contributed by atoms with E-state index in [1.54, 1.807) is 31.2 Å². The zero-order valence-electron chi connectivity index (χ0n) is 10.4. The summed E-state index contributed by atoms with van der Waals surface area (Å²) in [6, 6.07) is 7.38. The Morgan fingerprint density at radius 3 is 2.47 bits per heavy atom. The van der Waals surface area contributed by atoms with Crippen molar-refractivity contribution in [1.29, 1.82) is 5.26 Å². The lowest BCUT2D eigenvalue weighted by molar-refractivity contribution is -0.120. The van der Waals surface area contributed by atoms with E-state index in [-0.39, 0.29) is 12.3 Å². The van der Waals surface area contributed by atoms with Crippen molar-refractivity contribution in [2.45, 2.75) is 19.4 Å². The van der Waals surface area contributed by atoms with E-state index in [4.69, 9.17) is 22.6 Å². The predicted molar refractivity (Wildman–Crippen MR) is 71.3 cm³/mol. The first-order valence-electron chi connectivity index (χ1n) is 5.69. The molecule has 1 aromatic carbocycles. The van der Waals surface area contributed by atoms with E-state index >= 15 is 0 Å². The number of carbonyl (C=O) groups excluding carboxylic acids is 2. The standard InChI is InChI=1S/C13H14ClN3O2/c1-8(7-15)6-11(12(16)18)17-13(19)9-2-4-10(14)5-3-9/h2-5,8,11H,6H2,1H3,(H2,16,18)(H,17,19)/t8-,11+/m0/s1. The molecule has 0 spiro atoms. The van der Waals surface area contributed by atoms with E-state index in [2.05, 4.69) is 5.32 Å². The average Bonchev–Trinajstić information content (AvgIpc) is 2.38. The van der Waals surface area contributed by atoms with Gasteiger partial charge in [-0.2, -0.15) is 5.26 Å². The van der Waals surface area contributed by atoms with Crippen molar-refractivity contribution in [3.8, 4) is 6.07 Å². The second kappa shape index (κ2) is 6.76. The summed E-state index contributed by atoms with van der Waals surface area (Å²) in [5, 5.41) is 11.7. The highest BCUT2D eigenvalue weighted by Gasteiger charge is 2.21. The maximum Gasteiger partial charge on any atom is 0.251 e. The van der Waals surface area contributed by atoms with Gasteiger partial charge in [-0.05, 0) is 37.6 Å². The van der Waals surface area contributed by atoms with E-state index in [0.717, 1.165) is 0 Å². The van der Waals surface area contributed by atoms with Crippen LogP contribution in [0.5, 0.6) is 0 Å². The number of hydrogen-bond acceptors (Lipinski definition) is 3. The second-order valence-electron chi connectivity index (χ2n) is 4.20. The number of nitrogens with two attached hydrogens (primary N) is 1. The van der Waals surface area contributed by atoms with Gasteiger partial charge in [0.05, 0.1) is 6.07 Å². The highest BCUT2D eigenvalue weighted by atomic mass is 35.5. The maximum absolute atomic E-state index is 11.9. The van der Waals surface area contributed by atoms with Gasteiger partial charge in [-0.15, -0.1) is 0 Å². The Kier molecular flexibility index (Phi) is 5.34. The molecule has 0 saturated heterocycles. The van der Waals surface area contributed by atoms with E-state index < -0.39 is 17.9 Å². The maximum atomic E-state index is 11.9. The summed E-state index contributed by atoms with van der Waals surface area (Å²) in [6.07, 6.45) is 0.186. The molecule has 1 rings (SSSR count). The first-order valence-corrected chi connectivity index (χ1v) is 6.07. The zero-order valence-corrected chi connectivity index (χ0v) is 11.1. The zero-order chi connectivity index (χ0) is 14.4. The molecular weight excluding hydrogens is 266 g/mol. The van der Waals surface area contributed by atoms with E-state index in [1.807, 2.05) is 6.07 Å². The molecule has 0 saturated carbocycles. The lowest BCUT2D eigenvalue weighted by Gasteiger charge is -2.16. The van der Waals surface area contributed by atoms with Gasteiger partial charge < -0.3 is 11.1 Å². The molecule has 2 amide bonds. The van der Waals surface area contributed by atoms with Gasteiger partial charge in [-0.25, -0.2) is 0 Å². The molecule has 0 aliphatic rings. The minimum atomic E-state index is -0.863. The number of nitriles is 1. The van der Waals surface area contributed by atoms with Crippen molar-refractivity contribution in [3.63, 3.8) is 0 Å². The topological polar surface area (TPSA) is 96.0 Å². The number of hydrogen-bond donors (Lipinski definition) is 2. The molecule has 1 aromatic rings. The molecule has 0 unspecified atom stereocenters. The Hall–Kier alpha value is -2.06. The summed E-state index contributed by atoms with van der Waals surface area (Å²) in [4.78, 5) is 23.1. The van der Waals surface area contributed by atoms with Gasteiger partial charge in [0.15, 0.2) is 0 Å². The van der Waals surface area contributed by atoms with Crippen LogP contribution < -0.4 is 11.1 Å². The Morgan fingerprint density at radius 1 is 1.42 bits per heavy atom. The van der Waals surface area contributed by atoms with Gasteiger partial charge in [-0.3, -0.25) is 9.59 Å². The largest absolute Gasteiger partial charge is 0.368 e. The van der Waals surface area contributed by atoms with Crippen LogP contribution in [0.25, 0.3) is 0 Å². The molecule has 0 aromatic heterocycles. The normalized spacial score (nSPS) is 13.1. The van der Waals surface area contributed by atoms with Gasteiger partial charge in [0.25, 0.3) is 5.91 Å². The summed E-state index contributed by atoms with van der Waals surface area (Å²) >= 11 is 5.72. The molecule has 0 bridgehead atoms. The van der Waals surface area contributed by atoms with Crippen LogP contribution in [0.3, 0.4) is 0 Å². The van der Waals surface area contributed by atoms with Gasteiger partial charge >= 0.3 is 0 Å². The minimum absolute atomic E-state index is 0.186. The van der Waals surface area contributed by atoms with E-state index in [1.165, 1.54) is 0 Å². The summed E-state index contributed by atoms with van der Waals surface area (Å²) in [7, 11) is 0. The molecular formula is C13H14ClN3O2. The van der Waals surface area contributed by atoms with Crippen LogP contribution in [0.4, 0.5) is 0 Å². The quantitative estimate of drug-likeness (QED) is 0.854. The molecule has 5 nitrogen and oxygen atoms in total. The number of halogens is 1. The second-order valence-corrected chi connectivity index (χ2v) is 4.64. The van der Waals surface area contributed by atoms with Crippen LogP contribution in [-0.4, -0.2) is 17.9 Å². The fraction of sp³-hybridized carbons (Fsp3) is 0.308. The highest BCUT2D eigenvalue weighted by molar-refractivity contribution is 6.30. The summed E-state index contributed by atoms with van der Waals surface area (Å²) in [6.45, 7) is 1.66. The summed E-state index contributed by atoms with van der Waals surface area (Å²) in [5.41, 5.74) is 5.58. The molecule has 0 aliphatic heterocycles. The SMILES string of the molecule is C[C@H](C#N)C[C@@H](NC(=O)c1ccc(Cl)cc1)C(N)=O. The Morgan fingerprint density at radius 2 is 2.00 bits per heavy atom. The molecule has 19 heavy (non-hydrogen) atoms. The number of benzene rings is 1. The highest BCUT2D eigenvalue weighted by Crippen LogP contribution is 2.10. The van der Waals surface area contributed by atoms with Crippen LogP contribution in [0.1, 0.15) is 23.7 Å². The van der Waals surface area contributed by atoms with Crippen LogP contribution in [0.15, 0.2) is 24.3 Å². The number of nitrogens with one attached hydrogen (secondary N) is 1. The summed E-state index contributed by atoms with van der Waals surface area (Å²) < 4.78 is 0. The number of carbonyl (C=O) groups is 2. The van der Waals surface area contributed by atoms with Crippen molar-refractivity contribution >= 4 is 23.4 Å². The molecule has 2 atom stereocenters. The molecule has 100 valence electrons. The fourth-order valence-corrected chi connectivity index (χ4v) is 1.62. The number of amides is 2. The van der Waals surface area contributed by atoms with Gasteiger partial charge in [0.2, 0.25) is 5.91 Å². The van der Waals surface area contributed by atoms with Crippen molar-refractivity contribution in [2.24, 2.45) is 11.7 Å². The first-order chi connectivity index (χ1) is 8.93. The Balaban J connectivity index is 2.74. The molecule has 0 fully saturated rings. The van der Waals surface area contributed by atoms with Crippen molar-refractivity contribution in [2.75, 3.05) is 0 Å². The van der Waals surface area contributed by atoms with E-state index in [9.17, 15) is 9.59 Å². The van der Waals surface area contributed by atoms with Crippen molar-refractivity contribution < 1.29 is 9.59 Å². The molecule has 0 radical (unpaired) electrons. The molecule has 0 heterocycles. The van der Waals surface area contributed by atoms with E-state index in [0.29, 0.717) is 10.6 Å². The van der Waals surface area contributed by atoms with Crippen molar-refractivity contribution in [3.05, 3.63) is 34.9 Å². The fourth-order valence-electron chi connectivity index (χ4n) is 1.50. The Bertz CT molecular complexity index is 508. The summed E-state index contributed by atoms with van der Waals surface area (Å²) in [5.74, 6) is -1.46. The lowest BCUT2D eigenvalue weighted by Crippen LogP contribution is -2.45. The molecule has 0 aliphatic carbocycles. The van der Waals surface area contributed by atoms with Crippen LogP contribution >= 0.6 is 11.6 Å². The third kappa shape index (κ3) is 4.60. The predicted octanol–water partition coefficient (Wildman–Crippen LogP) is 1.47. The number of rotatable bonds is 5. The van der Waals surface area contributed by atoms with Gasteiger partial charge in [0.1, 0.15) is 6.04 Å². The number of primary amides is 1. The number of nitrogens with zero attached hydrogens (tertiary/aromatic N) is 1. The smallest absolute Gasteiger partial charge is 0.251 e. The third-order valence-corrected chi connectivity index (χ3v) is 2.82. The average molecular weight is 280 g/mol. The van der Waals surface area contributed by atoms with Crippen LogP contribution in [0, 0.1) is 17.2 Å². The lowest BCUT2D eigenvalue weighted by atomic mass is 10.0. The van der Waals surface area contributed by atoms with Gasteiger partial charge in [-0.1, -0.05) is 11.6 Å². The molecule has 6 heteroatoms. The molecule has 3 N–H and O–H groups in total. The minimum Gasteiger partial charge on any atom is -0.368 e. The van der Waals surface area contributed by atoms with Gasteiger partial charge in [0, 0.05) is 16.5 Å². The van der Waals surface area contributed by atoms with Crippen LogP contribution in [0.2, 0.25) is 5.02 Å². The van der Waals surface area contributed by atoms with Crippen molar-refractivity contribution in [1.82, 2.24) is 5.32 Å². The monoisotopic (exact) mass is 279 g/mol.